The van der Waals surface area contributed by atoms with Crippen molar-refractivity contribution in [3.63, 3.8) is 0 Å². The molecule has 0 fully saturated rings. The third-order valence-electron chi connectivity index (χ3n) is 4.14. The first-order chi connectivity index (χ1) is 9.65. The first-order valence-corrected chi connectivity index (χ1v) is 9.96. The Morgan fingerprint density at radius 2 is 1.86 bits per heavy atom. The minimum Gasteiger partial charge on any atom is -0.480 e. The van der Waals surface area contributed by atoms with Gasteiger partial charge in [0, 0.05) is 0 Å². The van der Waals surface area contributed by atoms with E-state index < -0.39 is 8.32 Å². The second-order valence-corrected chi connectivity index (χ2v) is 11.5. The number of nitrogens with zero attached hydrogens (tertiary/aromatic N) is 3. The van der Waals surface area contributed by atoms with E-state index >= 15 is 0 Å². The number of fused-ring (bicyclic) bond motifs is 1. The van der Waals surface area contributed by atoms with E-state index in [1.54, 1.807) is 7.11 Å². The van der Waals surface area contributed by atoms with Crippen LogP contribution >= 0.6 is 0 Å². The van der Waals surface area contributed by atoms with Gasteiger partial charge in [-0.2, -0.15) is 10.1 Å². The topological polar surface area (TPSA) is 72.9 Å². The van der Waals surface area contributed by atoms with Crippen molar-refractivity contribution in [3.8, 4) is 5.88 Å². The van der Waals surface area contributed by atoms with E-state index in [0.29, 0.717) is 24.0 Å². The van der Waals surface area contributed by atoms with Crippen LogP contribution in [0.4, 0.5) is 0 Å². The normalized spacial score (nSPS) is 12.9. The van der Waals surface area contributed by atoms with Crippen molar-refractivity contribution < 1.29 is 9.16 Å². The van der Waals surface area contributed by atoms with E-state index in [1.807, 2.05) is 6.92 Å². The van der Waals surface area contributed by atoms with Gasteiger partial charge in [-0.15, -0.1) is 0 Å². The largest absolute Gasteiger partial charge is 0.480 e. The molecule has 2 heterocycles. The molecule has 0 amide bonds. The van der Waals surface area contributed by atoms with Gasteiger partial charge in [-0.3, -0.25) is 5.10 Å². The van der Waals surface area contributed by atoms with Crippen LogP contribution in [0.25, 0.3) is 11.0 Å². The van der Waals surface area contributed by atoms with Crippen LogP contribution in [0.1, 0.15) is 32.3 Å². The lowest BCUT2D eigenvalue weighted by Crippen LogP contribution is -2.40. The molecule has 0 radical (unpaired) electrons. The van der Waals surface area contributed by atoms with Gasteiger partial charge in [0.15, 0.2) is 14.0 Å². The van der Waals surface area contributed by atoms with Crippen LogP contribution in [-0.4, -0.2) is 35.6 Å². The van der Waals surface area contributed by atoms with Crippen molar-refractivity contribution in [2.45, 2.75) is 52.4 Å². The highest BCUT2D eigenvalue weighted by atomic mass is 28.4. The summed E-state index contributed by atoms with van der Waals surface area (Å²) in [5.41, 5.74) is 1.49. The number of aromatic nitrogens is 4. The maximum atomic E-state index is 6.23. The number of ether oxygens (including phenoxy) is 1. The molecule has 0 saturated carbocycles. The maximum absolute atomic E-state index is 6.23. The Labute approximate surface area is 126 Å². The Morgan fingerprint density at radius 1 is 1.19 bits per heavy atom. The first kappa shape index (κ1) is 15.9. The van der Waals surface area contributed by atoms with E-state index in [9.17, 15) is 0 Å². The second kappa shape index (κ2) is 5.38. The summed E-state index contributed by atoms with van der Waals surface area (Å²) in [7, 11) is -0.212. The number of nitrogens with one attached hydrogen (secondary N) is 1. The van der Waals surface area contributed by atoms with Crippen molar-refractivity contribution in [1.82, 2.24) is 20.2 Å². The Morgan fingerprint density at radius 3 is 2.43 bits per heavy atom. The molecule has 7 heteroatoms. The van der Waals surface area contributed by atoms with Crippen molar-refractivity contribution in [2.75, 3.05) is 7.11 Å². The summed E-state index contributed by atoms with van der Waals surface area (Å²) in [6, 6.07) is 0. The highest BCUT2D eigenvalue weighted by Gasteiger charge is 2.37. The van der Waals surface area contributed by atoms with E-state index in [2.05, 4.69) is 54.0 Å². The van der Waals surface area contributed by atoms with E-state index in [-0.39, 0.29) is 5.04 Å². The van der Waals surface area contributed by atoms with Crippen LogP contribution in [0.3, 0.4) is 0 Å². The number of hydrogen-bond acceptors (Lipinski definition) is 5. The Bertz CT molecular complexity index is 646. The number of methoxy groups -OCH3 is 1. The minimum atomic E-state index is -1.82. The summed E-state index contributed by atoms with van der Waals surface area (Å²) in [6.07, 6.45) is 0. The number of H-pyrrole nitrogens is 1. The monoisotopic (exact) mass is 308 g/mol. The summed E-state index contributed by atoms with van der Waals surface area (Å²) >= 11 is 0. The third kappa shape index (κ3) is 3.08. The molecule has 6 nitrogen and oxygen atoms in total. The highest BCUT2D eigenvalue weighted by Crippen LogP contribution is 2.37. The van der Waals surface area contributed by atoms with Crippen LogP contribution in [0, 0.1) is 6.92 Å². The van der Waals surface area contributed by atoms with Crippen LogP contribution in [0.2, 0.25) is 18.1 Å². The Hall–Kier alpha value is -1.47. The number of aryl methyl sites for hydroxylation is 1. The average molecular weight is 308 g/mol. The van der Waals surface area contributed by atoms with Gasteiger partial charge in [-0.1, -0.05) is 20.8 Å². The average Bonchev–Trinajstić information content (AvgIpc) is 2.77. The fraction of sp³-hybridized carbons (Fsp3) is 0.643. The first-order valence-electron chi connectivity index (χ1n) is 7.05. The summed E-state index contributed by atoms with van der Waals surface area (Å²) < 4.78 is 11.6. The summed E-state index contributed by atoms with van der Waals surface area (Å²) in [5.74, 6) is 1.18. The molecular weight excluding hydrogens is 284 g/mol. The fourth-order valence-corrected chi connectivity index (χ4v) is 2.71. The maximum Gasteiger partial charge on any atom is 0.228 e. The number of rotatable bonds is 4. The minimum absolute atomic E-state index is 0.167. The van der Waals surface area contributed by atoms with Crippen LogP contribution in [-0.2, 0) is 11.0 Å². The van der Waals surface area contributed by atoms with Crippen LogP contribution < -0.4 is 4.74 Å². The molecule has 2 aromatic heterocycles. The van der Waals surface area contributed by atoms with Crippen LogP contribution in [0.15, 0.2) is 0 Å². The molecule has 0 aliphatic rings. The molecule has 0 aliphatic heterocycles. The molecule has 0 bridgehead atoms. The zero-order valence-corrected chi connectivity index (χ0v) is 14.9. The Kier molecular flexibility index (Phi) is 4.07. The second-order valence-electron chi connectivity index (χ2n) is 6.73. The molecule has 0 unspecified atom stereocenters. The quantitative estimate of drug-likeness (QED) is 0.878. The molecule has 0 spiro atoms. The molecule has 1 N–H and O–H groups in total. The molecule has 0 aromatic carbocycles. The van der Waals surface area contributed by atoms with Gasteiger partial charge in [0.25, 0.3) is 0 Å². The van der Waals surface area contributed by atoms with Crippen molar-refractivity contribution >= 4 is 19.4 Å². The lowest BCUT2D eigenvalue weighted by Gasteiger charge is -2.36. The van der Waals surface area contributed by atoms with Gasteiger partial charge in [0.1, 0.15) is 11.2 Å². The predicted molar refractivity (Wildman–Crippen MR) is 85.0 cm³/mol. The van der Waals surface area contributed by atoms with Gasteiger partial charge in [0.2, 0.25) is 5.88 Å². The molecule has 2 rings (SSSR count). The molecule has 21 heavy (non-hydrogen) atoms. The van der Waals surface area contributed by atoms with Gasteiger partial charge in [0.05, 0.1) is 19.4 Å². The number of hydrogen-bond donors (Lipinski definition) is 1. The molecule has 2 aromatic rings. The fourth-order valence-electron chi connectivity index (χ4n) is 1.78. The summed E-state index contributed by atoms with van der Waals surface area (Å²) in [4.78, 5) is 8.63. The van der Waals surface area contributed by atoms with Crippen molar-refractivity contribution in [1.29, 1.82) is 0 Å². The van der Waals surface area contributed by atoms with Gasteiger partial charge in [-0.05, 0) is 25.1 Å². The van der Waals surface area contributed by atoms with Crippen LogP contribution in [0.5, 0.6) is 5.88 Å². The summed E-state index contributed by atoms with van der Waals surface area (Å²) in [5, 5.41) is 8.21. The molecule has 0 saturated heterocycles. The lowest BCUT2D eigenvalue weighted by atomic mass is 10.2. The van der Waals surface area contributed by atoms with E-state index in [4.69, 9.17) is 9.16 Å². The van der Waals surface area contributed by atoms with Crippen molar-refractivity contribution in [2.24, 2.45) is 0 Å². The highest BCUT2D eigenvalue weighted by molar-refractivity contribution is 6.74. The number of aromatic amines is 1. The summed E-state index contributed by atoms with van der Waals surface area (Å²) in [6.45, 7) is 13.4. The molecule has 116 valence electrons. The predicted octanol–water partition coefficient (Wildman–Crippen LogP) is 3.19. The van der Waals surface area contributed by atoms with Gasteiger partial charge < -0.3 is 9.16 Å². The molecule has 0 atom stereocenters. The standard InChI is InChI=1S/C14H24N4O2Si/c1-9-15-12-11(13(16-9)19-5)10(17-18-12)8-20-21(6,7)14(2,3)4/h8H2,1-7H3,(H,15,16,17,18). The zero-order valence-electron chi connectivity index (χ0n) is 13.9. The smallest absolute Gasteiger partial charge is 0.228 e. The van der Waals surface area contributed by atoms with E-state index in [0.717, 1.165) is 11.1 Å². The van der Waals surface area contributed by atoms with Crippen molar-refractivity contribution in [3.05, 3.63) is 11.5 Å². The molecular formula is C14H24N4O2Si. The SMILES string of the molecule is COc1nc(C)nc2n[nH]c(CO[Si](C)(C)C(C)(C)C)c12. The third-order valence-corrected chi connectivity index (χ3v) is 8.62. The van der Waals surface area contributed by atoms with E-state index in [1.165, 1.54) is 0 Å². The zero-order chi connectivity index (χ0) is 15.8. The lowest BCUT2D eigenvalue weighted by molar-refractivity contribution is 0.272. The van der Waals surface area contributed by atoms with Gasteiger partial charge >= 0.3 is 0 Å². The van der Waals surface area contributed by atoms with Gasteiger partial charge in [-0.25, -0.2) is 4.98 Å². The molecule has 0 aliphatic carbocycles. The Balaban J connectivity index is 2.32.